The molecule has 136 valence electrons. The Balaban J connectivity index is 1.44. The first-order valence-corrected chi connectivity index (χ1v) is 8.63. The van der Waals surface area contributed by atoms with Gasteiger partial charge in [-0.1, -0.05) is 6.07 Å². The quantitative estimate of drug-likeness (QED) is 0.773. The average molecular weight is 356 g/mol. The first-order valence-electron chi connectivity index (χ1n) is 8.63. The second-order valence-electron chi connectivity index (χ2n) is 6.35. The van der Waals surface area contributed by atoms with Crippen LogP contribution >= 0.6 is 0 Å². The fourth-order valence-corrected chi connectivity index (χ4v) is 2.82. The first-order chi connectivity index (χ1) is 12.5. The number of carbonyl (C=O) groups is 2. The number of benzene rings is 2. The van der Waals surface area contributed by atoms with Crippen molar-refractivity contribution in [3.8, 4) is 5.75 Å². The molecular formula is C20H21FN2O3. The lowest BCUT2D eigenvalue weighted by Gasteiger charge is -2.17. The number of ether oxygens (including phenoxy) is 1. The maximum atomic E-state index is 13.6. The number of aryl methyl sites for hydroxylation is 2. The molecule has 1 aliphatic rings. The van der Waals surface area contributed by atoms with Crippen LogP contribution in [0, 0.1) is 12.7 Å². The molecule has 3 rings (SSSR count). The molecule has 0 aliphatic carbocycles. The van der Waals surface area contributed by atoms with Crippen molar-refractivity contribution in [3.63, 3.8) is 0 Å². The summed E-state index contributed by atoms with van der Waals surface area (Å²) in [5.74, 6) is 0.0554. The van der Waals surface area contributed by atoms with Crippen LogP contribution in [0.3, 0.4) is 0 Å². The van der Waals surface area contributed by atoms with E-state index in [-0.39, 0.29) is 23.9 Å². The molecule has 0 fully saturated rings. The minimum absolute atomic E-state index is 0.0298. The van der Waals surface area contributed by atoms with Crippen LogP contribution < -0.4 is 15.4 Å². The summed E-state index contributed by atoms with van der Waals surface area (Å²) in [5.41, 5.74) is 2.96. The highest BCUT2D eigenvalue weighted by Crippen LogP contribution is 2.26. The summed E-state index contributed by atoms with van der Waals surface area (Å²) in [5, 5.41) is 5.41. The van der Waals surface area contributed by atoms with E-state index < -0.39 is 5.82 Å². The Kier molecular flexibility index (Phi) is 5.51. The topological polar surface area (TPSA) is 67.4 Å². The van der Waals surface area contributed by atoms with Crippen LogP contribution in [0.2, 0.25) is 0 Å². The summed E-state index contributed by atoms with van der Waals surface area (Å²) in [6.07, 6.45) is 1.94. The van der Waals surface area contributed by atoms with Crippen LogP contribution in [0.1, 0.15) is 30.4 Å². The van der Waals surface area contributed by atoms with E-state index in [1.165, 1.54) is 6.07 Å². The summed E-state index contributed by atoms with van der Waals surface area (Å²) in [4.78, 5) is 23.3. The SMILES string of the molecule is Cc1ccc(F)c(NC(=O)CCCOc2ccc3c(c2)CCC(=O)N3)c1. The van der Waals surface area contributed by atoms with Gasteiger partial charge in [0.25, 0.3) is 0 Å². The van der Waals surface area contributed by atoms with E-state index >= 15 is 0 Å². The zero-order valence-electron chi connectivity index (χ0n) is 14.6. The largest absolute Gasteiger partial charge is 0.494 e. The van der Waals surface area contributed by atoms with Crippen molar-refractivity contribution in [2.45, 2.75) is 32.6 Å². The van der Waals surface area contributed by atoms with Crippen LogP contribution in [0.4, 0.5) is 15.8 Å². The van der Waals surface area contributed by atoms with E-state index in [0.29, 0.717) is 31.6 Å². The van der Waals surface area contributed by atoms with Crippen LogP contribution in [0.5, 0.6) is 5.75 Å². The van der Waals surface area contributed by atoms with Gasteiger partial charge in [-0.15, -0.1) is 0 Å². The molecule has 2 N–H and O–H groups in total. The van der Waals surface area contributed by atoms with Gasteiger partial charge in [0.15, 0.2) is 0 Å². The Morgan fingerprint density at radius 1 is 1.23 bits per heavy atom. The molecule has 0 atom stereocenters. The third kappa shape index (κ3) is 4.59. The van der Waals surface area contributed by atoms with E-state index in [1.54, 1.807) is 18.2 Å². The molecule has 0 saturated heterocycles. The number of rotatable bonds is 6. The number of amides is 2. The van der Waals surface area contributed by atoms with Crippen LogP contribution in [0.15, 0.2) is 36.4 Å². The average Bonchev–Trinajstić information content (AvgIpc) is 2.62. The molecule has 2 aromatic carbocycles. The van der Waals surface area contributed by atoms with Gasteiger partial charge < -0.3 is 15.4 Å². The van der Waals surface area contributed by atoms with Crippen molar-refractivity contribution in [2.24, 2.45) is 0 Å². The number of halogens is 1. The Morgan fingerprint density at radius 2 is 2.08 bits per heavy atom. The zero-order valence-corrected chi connectivity index (χ0v) is 14.6. The van der Waals surface area contributed by atoms with Crippen molar-refractivity contribution in [2.75, 3.05) is 17.2 Å². The van der Waals surface area contributed by atoms with Gasteiger partial charge in [0.2, 0.25) is 11.8 Å². The van der Waals surface area contributed by atoms with Gasteiger partial charge in [-0.05, 0) is 61.2 Å². The number of anilines is 2. The maximum Gasteiger partial charge on any atom is 0.224 e. The summed E-state index contributed by atoms with van der Waals surface area (Å²) < 4.78 is 19.3. The normalized spacial score (nSPS) is 12.9. The molecule has 0 unspecified atom stereocenters. The van der Waals surface area contributed by atoms with Crippen LogP contribution in [-0.2, 0) is 16.0 Å². The molecular weight excluding hydrogens is 335 g/mol. The smallest absolute Gasteiger partial charge is 0.224 e. The molecule has 0 bridgehead atoms. The van der Waals surface area contributed by atoms with E-state index in [0.717, 1.165) is 16.8 Å². The van der Waals surface area contributed by atoms with Gasteiger partial charge in [-0.3, -0.25) is 9.59 Å². The maximum absolute atomic E-state index is 13.6. The van der Waals surface area contributed by atoms with Gasteiger partial charge in [-0.25, -0.2) is 4.39 Å². The van der Waals surface area contributed by atoms with Gasteiger partial charge in [0, 0.05) is 18.5 Å². The Hall–Kier alpha value is -2.89. The molecule has 26 heavy (non-hydrogen) atoms. The van der Waals surface area contributed by atoms with E-state index in [9.17, 15) is 14.0 Å². The first kappa shape index (κ1) is 17.9. The van der Waals surface area contributed by atoms with Crippen molar-refractivity contribution >= 4 is 23.2 Å². The lowest BCUT2D eigenvalue weighted by Crippen LogP contribution is -2.18. The van der Waals surface area contributed by atoms with E-state index in [2.05, 4.69) is 10.6 Å². The van der Waals surface area contributed by atoms with E-state index in [1.807, 2.05) is 19.1 Å². The minimum Gasteiger partial charge on any atom is -0.494 e. The molecule has 0 spiro atoms. The standard InChI is InChI=1S/C20H21FN2O3/c1-13-4-7-16(21)18(11-13)23-19(24)3-2-10-26-15-6-8-17-14(12-15)5-9-20(25)22-17/h4,6-8,11-12H,2-3,5,9-10H2,1H3,(H,22,25)(H,23,24). The van der Waals surface area contributed by atoms with Crippen molar-refractivity contribution in [1.29, 1.82) is 0 Å². The summed E-state index contributed by atoms with van der Waals surface area (Å²) >= 11 is 0. The molecule has 0 radical (unpaired) electrons. The van der Waals surface area contributed by atoms with Crippen LogP contribution in [0.25, 0.3) is 0 Å². The highest BCUT2D eigenvalue weighted by molar-refractivity contribution is 5.94. The molecule has 1 aliphatic heterocycles. The van der Waals surface area contributed by atoms with Gasteiger partial charge in [0.05, 0.1) is 12.3 Å². The molecule has 2 amide bonds. The molecule has 2 aromatic rings. The number of fused-ring (bicyclic) bond motifs is 1. The minimum atomic E-state index is -0.443. The summed E-state index contributed by atoms with van der Waals surface area (Å²) in [7, 11) is 0. The fourth-order valence-electron chi connectivity index (χ4n) is 2.82. The predicted octanol–water partition coefficient (Wildman–Crippen LogP) is 3.82. The molecule has 5 nitrogen and oxygen atoms in total. The highest BCUT2D eigenvalue weighted by atomic mass is 19.1. The predicted molar refractivity (Wildman–Crippen MR) is 97.9 cm³/mol. The third-order valence-corrected chi connectivity index (χ3v) is 4.19. The van der Waals surface area contributed by atoms with E-state index in [4.69, 9.17) is 4.74 Å². The Bertz CT molecular complexity index is 836. The molecule has 1 heterocycles. The lowest BCUT2D eigenvalue weighted by atomic mass is 10.0. The highest BCUT2D eigenvalue weighted by Gasteiger charge is 2.15. The van der Waals surface area contributed by atoms with Gasteiger partial charge in [0.1, 0.15) is 11.6 Å². The van der Waals surface area contributed by atoms with Gasteiger partial charge >= 0.3 is 0 Å². The van der Waals surface area contributed by atoms with Crippen molar-refractivity contribution in [3.05, 3.63) is 53.3 Å². The fraction of sp³-hybridized carbons (Fsp3) is 0.300. The second kappa shape index (κ2) is 7.99. The molecule has 6 heteroatoms. The zero-order chi connectivity index (χ0) is 18.5. The molecule has 0 saturated carbocycles. The van der Waals surface area contributed by atoms with Crippen LogP contribution in [-0.4, -0.2) is 18.4 Å². The monoisotopic (exact) mass is 356 g/mol. The van der Waals surface area contributed by atoms with Crippen molar-refractivity contribution < 1.29 is 18.7 Å². The second-order valence-corrected chi connectivity index (χ2v) is 6.35. The number of carbonyl (C=O) groups excluding carboxylic acids is 2. The third-order valence-electron chi connectivity index (χ3n) is 4.19. The molecule has 0 aromatic heterocycles. The summed E-state index contributed by atoms with van der Waals surface area (Å²) in [6.45, 7) is 2.22. The Labute approximate surface area is 151 Å². The van der Waals surface area contributed by atoms with Gasteiger partial charge in [-0.2, -0.15) is 0 Å². The summed E-state index contributed by atoms with van der Waals surface area (Å²) in [6, 6.07) is 10.1. The Morgan fingerprint density at radius 3 is 2.92 bits per heavy atom. The number of hydrogen-bond donors (Lipinski definition) is 2. The number of hydrogen-bond acceptors (Lipinski definition) is 3. The lowest BCUT2D eigenvalue weighted by molar-refractivity contribution is -0.117. The number of nitrogens with one attached hydrogen (secondary N) is 2. The van der Waals surface area contributed by atoms with Crippen molar-refractivity contribution in [1.82, 2.24) is 0 Å².